The van der Waals surface area contributed by atoms with E-state index in [9.17, 15) is 0 Å². The molecule has 0 heterocycles. The molecular formula is C9H9Cl2NO. The zero-order valence-electron chi connectivity index (χ0n) is 7.09. The van der Waals surface area contributed by atoms with Gasteiger partial charge in [-0.1, -0.05) is 41.3 Å². The normalized spacial score (nSPS) is 11.8. The lowest BCUT2D eigenvalue weighted by molar-refractivity contribution is 0.318. The molecule has 13 heavy (non-hydrogen) atoms. The van der Waals surface area contributed by atoms with Gasteiger partial charge in [-0.3, -0.25) is 0 Å². The summed E-state index contributed by atoms with van der Waals surface area (Å²) < 4.78 is 0. The van der Waals surface area contributed by atoms with Crippen LogP contribution >= 0.6 is 23.2 Å². The highest BCUT2D eigenvalue weighted by Gasteiger charge is 2.06. The zero-order chi connectivity index (χ0) is 9.84. The average molecular weight is 218 g/mol. The summed E-state index contributed by atoms with van der Waals surface area (Å²) in [4.78, 5) is 0. The average Bonchev–Trinajstić information content (AvgIpc) is 2.10. The SMILES string of the molecule is CC/C(=N/O)c1ccc(Cl)cc1Cl. The van der Waals surface area contributed by atoms with Gasteiger partial charge in [0.15, 0.2) is 0 Å². The molecule has 1 aromatic rings. The van der Waals surface area contributed by atoms with E-state index in [-0.39, 0.29) is 0 Å². The number of oxime groups is 1. The van der Waals surface area contributed by atoms with Crippen molar-refractivity contribution in [1.29, 1.82) is 0 Å². The topological polar surface area (TPSA) is 32.6 Å². The Morgan fingerprint density at radius 2 is 2.15 bits per heavy atom. The highest BCUT2D eigenvalue weighted by molar-refractivity contribution is 6.37. The smallest absolute Gasteiger partial charge is 0.0880 e. The van der Waals surface area contributed by atoms with Crippen molar-refractivity contribution in [2.75, 3.05) is 0 Å². The summed E-state index contributed by atoms with van der Waals surface area (Å²) in [6.45, 7) is 1.89. The van der Waals surface area contributed by atoms with Gasteiger partial charge >= 0.3 is 0 Å². The molecule has 0 atom stereocenters. The second kappa shape index (κ2) is 4.49. The Kier molecular flexibility index (Phi) is 3.58. The Bertz CT molecular complexity index is 336. The van der Waals surface area contributed by atoms with Gasteiger partial charge in [-0.25, -0.2) is 0 Å². The van der Waals surface area contributed by atoms with Gasteiger partial charge in [0.25, 0.3) is 0 Å². The molecule has 0 amide bonds. The van der Waals surface area contributed by atoms with Gasteiger partial charge in [0.05, 0.1) is 10.7 Å². The van der Waals surface area contributed by atoms with E-state index in [0.717, 1.165) is 5.56 Å². The van der Waals surface area contributed by atoms with E-state index in [4.69, 9.17) is 28.4 Å². The lowest BCUT2D eigenvalue weighted by Gasteiger charge is -2.03. The number of nitrogens with zero attached hydrogens (tertiary/aromatic N) is 1. The summed E-state index contributed by atoms with van der Waals surface area (Å²) in [5, 5.41) is 12.9. The van der Waals surface area contributed by atoms with Crippen LogP contribution in [-0.4, -0.2) is 10.9 Å². The van der Waals surface area contributed by atoms with Crippen molar-refractivity contribution in [3.63, 3.8) is 0 Å². The molecule has 0 spiro atoms. The van der Waals surface area contributed by atoms with Crippen molar-refractivity contribution in [2.45, 2.75) is 13.3 Å². The van der Waals surface area contributed by atoms with E-state index >= 15 is 0 Å². The number of hydrogen-bond acceptors (Lipinski definition) is 2. The van der Waals surface area contributed by atoms with Crippen molar-refractivity contribution in [3.05, 3.63) is 33.8 Å². The van der Waals surface area contributed by atoms with Crippen LogP contribution in [0, 0.1) is 0 Å². The molecule has 0 aromatic heterocycles. The molecule has 0 radical (unpaired) electrons. The number of benzene rings is 1. The molecule has 0 fully saturated rings. The van der Waals surface area contributed by atoms with Gasteiger partial charge in [-0.05, 0) is 18.6 Å². The minimum absolute atomic E-state index is 0.502. The minimum atomic E-state index is 0.502. The largest absolute Gasteiger partial charge is 0.411 e. The molecule has 0 saturated carbocycles. The fourth-order valence-corrected chi connectivity index (χ4v) is 1.56. The van der Waals surface area contributed by atoms with Crippen LogP contribution in [-0.2, 0) is 0 Å². The molecule has 2 nitrogen and oxygen atoms in total. The van der Waals surface area contributed by atoms with E-state index in [1.54, 1.807) is 18.2 Å². The van der Waals surface area contributed by atoms with Crippen molar-refractivity contribution in [2.24, 2.45) is 5.16 Å². The molecular weight excluding hydrogens is 209 g/mol. The lowest BCUT2D eigenvalue weighted by Crippen LogP contribution is -1.99. The predicted octanol–water partition coefficient (Wildman–Crippen LogP) is 3.58. The summed E-state index contributed by atoms with van der Waals surface area (Å²) in [7, 11) is 0. The Balaban J connectivity index is 3.15. The first kappa shape index (κ1) is 10.4. The monoisotopic (exact) mass is 217 g/mol. The van der Waals surface area contributed by atoms with E-state index < -0.39 is 0 Å². The first-order chi connectivity index (χ1) is 6.19. The molecule has 70 valence electrons. The minimum Gasteiger partial charge on any atom is -0.411 e. The molecule has 4 heteroatoms. The summed E-state index contributed by atoms with van der Waals surface area (Å²) in [5.74, 6) is 0. The maximum absolute atomic E-state index is 8.67. The zero-order valence-corrected chi connectivity index (χ0v) is 8.60. The lowest BCUT2D eigenvalue weighted by atomic mass is 10.1. The third kappa shape index (κ3) is 2.36. The fraction of sp³-hybridized carbons (Fsp3) is 0.222. The number of halogens is 2. The Morgan fingerprint density at radius 3 is 2.62 bits per heavy atom. The first-order valence-corrected chi connectivity index (χ1v) is 4.61. The Labute approximate surface area is 86.8 Å². The van der Waals surface area contributed by atoms with Crippen LogP contribution in [0.2, 0.25) is 10.0 Å². The van der Waals surface area contributed by atoms with Crippen molar-refractivity contribution in [1.82, 2.24) is 0 Å². The second-order valence-corrected chi connectivity index (χ2v) is 3.37. The molecule has 0 unspecified atom stereocenters. The van der Waals surface area contributed by atoms with Crippen LogP contribution in [0.1, 0.15) is 18.9 Å². The molecule has 1 rings (SSSR count). The highest BCUT2D eigenvalue weighted by Crippen LogP contribution is 2.22. The Morgan fingerprint density at radius 1 is 1.46 bits per heavy atom. The molecule has 0 aliphatic rings. The van der Waals surface area contributed by atoms with Gasteiger partial charge in [0, 0.05) is 10.6 Å². The van der Waals surface area contributed by atoms with E-state index in [1.165, 1.54) is 0 Å². The summed E-state index contributed by atoms with van der Waals surface area (Å²) >= 11 is 11.6. The van der Waals surface area contributed by atoms with Crippen molar-refractivity contribution >= 4 is 28.9 Å². The van der Waals surface area contributed by atoms with Crippen LogP contribution < -0.4 is 0 Å². The molecule has 1 aromatic carbocycles. The second-order valence-electron chi connectivity index (χ2n) is 2.52. The van der Waals surface area contributed by atoms with E-state index in [0.29, 0.717) is 22.2 Å². The van der Waals surface area contributed by atoms with E-state index in [1.807, 2.05) is 6.92 Å². The maximum atomic E-state index is 8.67. The van der Waals surface area contributed by atoms with E-state index in [2.05, 4.69) is 5.16 Å². The van der Waals surface area contributed by atoms with Crippen LogP contribution in [0.3, 0.4) is 0 Å². The summed E-state index contributed by atoms with van der Waals surface area (Å²) in [6.07, 6.45) is 0.623. The van der Waals surface area contributed by atoms with Gasteiger partial charge < -0.3 is 5.21 Å². The van der Waals surface area contributed by atoms with Crippen LogP contribution in [0.4, 0.5) is 0 Å². The van der Waals surface area contributed by atoms with Crippen molar-refractivity contribution in [3.8, 4) is 0 Å². The number of rotatable bonds is 2. The van der Waals surface area contributed by atoms with Gasteiger partial charge in [-0.15, -0.1) is 0 Å². The molecule has 0 aliphatic heterocycles. The Hall–Kier alpha value is -0.730. The van der Waals surface area contributed by atoms with Crippen LogP contribution in [0.15, 0.2) is 23.4 Å². The maximum Gasteiger partial charge on any atom is 0.0880 e. The number of hydrogen-bond donors (Lipinski definition) is 1. The summed E-state index contributed by atoms with van der Waals surface area (Å²) in [6, 6.07) is 5.08. The standard InChI is InChI=1S/C9H9Cl2NO/c1-2-9(12-13)7-4-3-6(10)5-8(7)11/h3-5,13H,2H2,1H3/b12-9-. The van der Waals surface area contributed by atoms with Gasteiger partial charge in [0.1, 0.15) is 0 Å². The van der Waals surface area contributed by atoms with Crippen LogP contribution in [0.5, 0.6) is 0 Å². The quantitative estimate of drug-likeness (QED) is 0.459. The summed E-state index contributed by atoms with van der Waals surface area (Å²) in [5.41, 5.74) is 1.28. The third-order valence-electron chi connectivity index (χ3n) is 1.70. The predicted molar refractivity (Wildman–Crippen MR) is 55.1 cm³/mol. The molecule has 0 bridgehead atoms. The van der Waals surface area contributed by atoms with Crippen molar-refractivity contribution < 1.29 is 5.21 Å². The van der Waals surface area contributed by atoms with Crippen LogP contribution in [0.25, 0.3) is 0 Å². The molecule has 0 aliphatic carbocycles. The van der Waals surface area contributed by atoms with Gasteiger partial charge in [-0.2, -0.15) is 0 Å². The molecule has 1 N–H and O–H groups in total. The highest BCUT2D eigenvalue weighted by atomic mass is 35.5. The first-order valence-electron chi connectivity index (χ1n) is 3.85. The van der Waals surface area contributed by atoms with Gasteiger partial charge in [0.2, 0.25) is 0 Å². The molecule has 0 saturated heterocycles. The fourth-order valence-electron chi connectivity index (χ4n) is 1.04. The third-order valence-corrected chi connectivity index (χ3v) is 2.25.